The van der Waals surface area contributed by atoms with E-state index in [4.69, 9.17) is 14.6 Å². The number of hydrogen-bond acceptors (Lipinski definition) is 5. The third-order valence-electron chi connectivity index (χ3n) is 3.05. The van der Waals surface area contributed by atoms with Crippen LogP contribution < -0.4 is 9.46 Å². The number of carboxylic acid groups (broad SMARTS) is 1. The van der Waals surface area contributed by atoms with Crippen LogP contribution in [0.15, 0.2) is 53.4 Å². The van der Waals surface area contributed by atoms with Gasteiger partial charge in [-0.15, -0.1) is 0 Å². The zero-order chi connectivity index (χ0) is 17.6. The lowest BCUT2D eigenvalue weighted by Gasteiger charge is -2.10. The van der Waals surface area contributed by atoms with Gasteiger partial charge in [0.2, 0.25) is 0 Å². The van der Waals surface area contributed by atoms with E-state index in [0.717, 1.165) is 0 Å². The first-order chi connectivity index (χ1) is 11.4. The quantitative estimate of drug-likeness (QED) is 0.707. The fourth-order valence-electron chi connectivity index (χ4n) is 1.89. The predicted molar refractivity (Wildman–Crippen MR) is 88.0 cm³/mol. The minimum Gasteiger partial charge on any atom is -0.491 e. The van der Waals surface area contributed by atoms with Crippen LogP contribution in [0.1, 0.15) is 10.4 Å². The number of methoxy groups -OCH3 is 1. The molecule has 24 heavy (non-hydrogen) atoms. The summed E-state index contributed by atoms with van der Waals surface area (Å²) in [4.78, 5) is 11.0. The third kappa shape index (κ3) is 4.71. The maximum absolute atomic E-state index is 12.3. The molecule has 0 unspecified atom stereocenters. The Balaban J connectivity index is 2.12. The summed E-state index contributed by atoms with van der Waals surface area (Å²) in [6.45, 7) is 0.796. The molecule has 2 N–H and O–H groups in total. The number of hydrogen-bond donors (Lipinski definition) is 2. The van der Waals surface area contributed by atoms with E-state index in [2.05, 4.69) is 4.72 Å². The van der Waals surface area contributed by atoms with Crippen molar-refractivity contribution in [3.63, 3.8) is 0 Å². The van der Waals surface area contributed by atoms with Gasteiger partial charge in [0.25, 0.3) is 10.0 Å². The monoisotopic (exact) mass is 351 g/mol. The van der Waals surface area contributed by atoms with Crippen LogP contribution in [-0.2, 0) is 14.8 Å². The average molecular weight is 351 g/mol. The highest BCUT2D eigenvalue weighted by Gasteiger charge is 2.15. The standard InChI is InChI=1S/C16H17NO6S/c1-22-9-10-23-14-5-7-15(8-6-14)24(20,21)17-13-4-2-3-12(11-13)16(18)19/h2-8,11,17H,9-10H2,1H3,(H,18,19). The van der Waals surface area contributed by atoms with Crippen molar-refractivity contribution in [3.8, 4) is 5.75 Å². The summed E-state index contributed by atoms with van der Waals surface area (Å²) in [5, 5.41) is 8.94. The molecular weight excluding hydrogens is 334 g/mol. The Hall–Kier alpha value is -2.58. The predicted octanol–water partition coefficient (Wildman–Crippen LogP) is 2.21. The first-order valence-electron chi connectivity index (χ1n) is 7.00. The number of sulfonamides is 1. The highest BCUT2D eigenvalue weighted by atomic mass is 32.2. The third-order valence-corrected chi connectivity index (χ3v) is 4.45. The van der Waals surface area contributed by atoms with Gasteiger partial charge in [-0.05, 0) is 42.5 Å². The molecule has 0 atom stereocenters. The van der Waals surface area contributed by atoms with Gasteiger partial charge in [-0.3, -0.25) is 4.72 Å². The molecule has 2 rings (SSSR count). The highest BCUT2D eigenvalue weighted by molar-refractivity contribution is 7.92. The van der Waals surface area contributed by atoms with Gasteiger partial charge in [0.05, 0.1) is 17.1 Å². The maximum Gasteiger partial charge on any atom is 0.335 e. The maximum atomic E-state index is 12.3. The molecule has 0 bridgehead atoms. The number of anilines is 1. The molecule has 8 heteroatoms. The summed E-state index contributed by atoms with van der Waals surface area (Å²) in [5.41, 5.74) is 0.174. The molecule has 0 aromatic heterocycles. The first kappa shape index (κ1) is 17.8. The second-order valence-corrected chi connectivity index (χ2v) is 6.49. The molecule has 2 aromatic carbocycles. The van der Waals surface area contributed by atoms with Crippen LogP contribution in [-0.4, -0.2) is 39.8 Å². The average Bonchev–Trinajstić information content (AvgIpc) is 2.55. The van der Waals surface area contributed by atoms with Gasteiger partial charge in [-0.1, -0.05) is 6.07 Å². The van der Waals surface area contributed by atoms with Crippen LogP contribution in [0.3, 0.4) is 0 Å². The smallest absolute Gasteiger partial charge is 0.335 e. The Kier molecular flexibility index (Phi) is 5.78. The lowest BCUT2D eigenvalue weighted by Crippen LogP contribution is -2.13. The van der Waals surface area contributed by atoms with Gasteiger partial charge in [-0.2, -0.15) is 0 Å². The number of carbonyl (C=O) groups is 1. The van der Waals surface area contributed by atoms with Crippen LogP contribution in [0.25, 0.3) is 0 Å². The lowest BCUT2D eigenvalue weighted by molar-refractivity contribution is 0.0697. The summed E-state index contributed by atoms with van der Waals surface area (Å²) >= 11 is 0. The van der Waals surface area contributed by atoms with E-state index in [1.54, 1.807) is 7.11 Å². The van der Waals surface area contributed by atoms with E-state index in [-0.39, 0.29) is 16.1 Å². The largest absolute Gasteiger partial charge is 0.491 e. The number of nitrogens with one attached hydrogen (secondary N) is 1. The molecule has 0 amide bonds. The molecule has 2 aromatic rings. The Morgan fingerprint density at radius 3 is 2.46 bits per heavy atom. The molecular formula is C16H17NO6S. The zero-order valence-electron chi connectivity index (χ0n) is 12.9. The molecule has 0 fully saturated rings. The van der Waals surface area contributed by atoms with Crippen molar-refractivity contribution >= 4 is 21.7 Å². The van der Waals surface area contributed by atoms with Gasteiger partial charge >= 0.3 is 5.97 Å². The van der Waals surface area contributed by atoms with E-state index in [1.807, 2.05) is 0 Å². The number of rotatable bonds is 8. The van der Waals surface area contributed by atoms with Crippen molar-refractivity contribution in [2.45, 2.75) is 4.90 Å². The number of benzene rings is 2. The molecule has 128 valence electrons. The number of ether oxygens (including phenoxy) is 2. The minimum atomic E-state index is -3.82. The van der Waals surface area contributed by atoms with Crippen LogP contribution >= 0.6 is 0 Å². The number of carboxylic acids is 1. The van der Waals surface area contributed by atoms with E-state index < -0.39 is 16.0 Å². The summed E-state index contributed by atoms with van der Waals surface area (Å²) in [6, 6.07) is 11.5. The Bertz CT molecular complexity index is 802. The van der Waals surface area contributed by atoms with Gasteiger partial charge in [-0.25, -0.2) is 13.2 Å². The van der Waals surface area contributed by atoms with Crippen molar-refractivity contribution in [1.82, 2.24) is 0 Å². The summed E-state index contributed by atoms with van der Waals surface area (Å²) in [5.74, 6) is -0.604. The van der Waals surface area contributed by atoms with E-state index >= 15 is 0 Å². The SMILES string of the molecule is COCCOc1ccc(S(=O)(=O)Nc2cccc(C(=O)O)c2)cc1. The second-order valence-electron chi connectivity index (χ2n) is 4.80. The topological polar surface area (TPSA) is 102 Å². The molecule has 0 aliphatic carbocycles. The molecule has 0 aliphatic rings. The van der Waals surface area contributed by atoms with E-state index in [1.165, 1.54) is 48.5 Å². The molecule has 0 saturated heterocycles. The normalized spacial score (nSPS) is 11.0. The molecule has 0 heterocycles. The molecule has 0 saturated carbocycles. The molecule has 0 aliphatic heterocycles. The van der Waals surface area contributed by atoms with Crippen LogP contribution in [0, 0.1) is 0 Å². The minimum absolute atomic E-state index is 0.00269. The zero-order valence-corrected chi connectivity index (χ0v) is 13.7. The van der Waals surface area contributed by atoms with Crippen molar-refractivity contribution in [2.24, 2.45) is 0 Å². The van der Waals surface area contributed by atoms with Crippen LogP contribution in [0.4, 0.5) is 5.69 Å². The van der Waals surface area contributed by atoms with Gasteiger partial charge in [0.1, 0.15) is 12.4 Å². The number of aromatic carboxylic acids is 1. The molecule has 7 nitrogen and oxygen atoms in total. The van der Waals surface area contributed by atoms with Crippen molar-refractivity contribution in [3.05, 3.63) is 54.1 Å². The highest BCUT2D eigenvalue weighted by Crippen LogP contribution is 2.20. The second kappa shape index (κ2) is 7.80. The molecule has 0 radical (unpaired) electrons. The van der Waals surface area contributed by atoms with E-state index in [9.17, 15) is 13.2 Å². The Morgan fingerprint density at radius 2 is 1.83 bits per heavy atom. The first-order valence-corrected chi connectivity index (χ1v) is 8.48. The fraction of sp³-hybridized carbons (Fsp3) is 0.188. The fourth-order valence-corrected chi connectivity index (χ4v) is 2.94. The lowest BCUT2D eigenvalue weighted by atomic mass is 10.2. The summed E-state index contributed by atoms with van der Waals surface area (Å²) < 4.78 is 37.3. The van der Waals surface area contributed by atoms with Crippen molar-refractivity contribution in [2.75, 3.05) is 25.0 Å². The van der Waals surface area contributed by atoms with Crippen LogP contribution in [0.2, 0.25) is 0 Å². The Morgan fingerprint density at radius 1 is 1.12 bits per heavy atom. The van der Waals surface area contributed by atoms with Crippen molar-refractivity contribution < 1.29 is 27.8 Å². The van der Waals surface area contributed by atoms with E-state index in [0.29, 0.717) is 19.0 Å². The summed E-state index contributed by atoms with van der Waals surface area (Å²) in [6.07, 6.45) is 0. The van der Waals surface area contributed by atoms with Gasteiger partial charge < -0.3 is 14.6 Å². The summed E-state index contributed by atoms with van der Waals surface area (Å²) in [7, 11) is -2.26. The molecule has 0 spiro atoms. The Labute approximate surface area is 139 Å². The van der Waals surface area contributed by atoms with Crippen molar-refractivity contribution in [1.29, 1.82) is 0 Å². The van der Waals surface area contributed by atoms with Gasteiger partial charge in [0, 0.05) is 12.8 Å². The van der Waals surface area contributed by atoms with Gasteiger partial charge in [0.15, 0.2) is 0 Å². The van der Waals surface area contributed by atoms with Crippen LogP contribution in [0.5, 0.6) is 5.75 Å².